The van der Waals surface area contributed by atoms with Crippen LogP contribution in [-0.2, 0) is 25.6 Å². The molecule has 5 heteroatoms. The summed E-state index contributed by atoms with van der Waals surface area (Å²) in [6.07, 6.45) is 9.67. The van der Waals surface area contributed by atoms with Crippen molar-refractivity contribution in [2.24, 2.45) is 0 Å². The molecule has 0 aliphatic rings. The van der Waals surface area contributed by atoms with Crippen molar-refractivity contribution in [1.82, 2.24) is 0 Å². The van der Waals surface area contributed by atoms with Crippen LogP contribution in [0, 0.1) is 13.8 Å². The minimum atomic E-state index is -2.22. The average Bonchev–Trinajstić information content (AvgIpc) is 2.25. The van der Waals surface area contributed by atoms with Crippen LogP contribution < -0.4 is 4.89 Å². The summed E-state index contributed by atoms with van der Waals surface area (Å²) in [5, 5.41) is 0. The molecule has 0 fully saturated rings. The fraction of sp³-hybridized carbons (Fsp3) is 0.833. The van der Waals surface area contributed by atoms with Crippen LogP contribution in [0.3, 0.4) is 0 Å². The summed E-state index contributed by atoms with van der Waals surface area (Å²) in [6, 6.07) is 0. The Hall–Kier alpha value is 1.10. The molecular formula is C12H25MoO2PS. The Morgan fingerprint density at radius 3 is 2.00 bits per heavy atom. The van der Waals surface area contributed by atoms with Crippen LogP contribution in [0.25, 0.3) is 0 Å². The number of hydrogen-bond donors (Lipinski definition) is 0. The van der Waals surface area contributed by atoms with Gasteiger partial charge in [-0.3, -0.25) is 0 Å². The second-order valence-corrected chi connectivity index (χ2v) is 6.31. The monoisotopic (exact) mass is 362 g/mol. The van der Waals surface area contributed by atoms with Crippen molar-refractivity contribution < 1.29 is 30.5 Å². The molecule has 0 saturated heterocycles. The Kier molecular flexibility index (Phi) is 30.4. The maximum absolute atomic E-state index is 9.85. The van der Waals surface area contributed by atoms with Crippen molar-refractivity contribution in [2.75, 3.05) is 5.75 Å². The van der Waals surface area contributed by atoms with Crippen LogP contribution in [0.2, 0.25) is 0 Å². The van der Waals surface area contributed by atoms with Gasteiger partial charge in [0.2, 0.25) is 0 Å². The van der Waals surface area contributed by atoms with Gasteiger partial charge in [0.25, 0.3) is 0 Å². The van der Waals surface area contributed by atoms with E-state index in [1.54, 1.807) is 0 Å². The summed E-state index contributed by atoms with van der Waals surface area (Å²) in [7, 11) is -2.22. The molecule has 0 spiro atoms. The molecule has 1 atom stereocenters. The van der Waals surface area contributed by atoms with Gasteiger partial charge in [-0.2, -0.15) is 12.8 Å². The van der Waals surface area contributed by atoms with Gasteiger partial charge in [-0.05, 0) is 0 Å². The second-order valence-electron chi connectivity index (χ2n) is 3.53. The van der Waals surface area contributed by atoms with E-state index in [4.69, 9.17) is 0 Å². The van der Waals surface area contributed by atoms with E-state index >= 15 is 0 Å². The van der Waals surface area contributed by atoms with Crippen molar-refractivity contribution in [2.45, 2.75) is 58.3 Å². The average molecular weight is 360 g/mol. The van der Waals surface area contributed by atoms with Gasteiger partial charge in [0.15, 0.2) is 0 Å². The molecule has 17 heavy (non-hydrogen) atoms. The van der Waals surface area contributed by atoms with E-state index in [0.717, 1.165) is 30.6 Å². The largest absolute Gasteiger partial charge is 2.00 e. The molecule has 0 amide bonds. The summed E-state index contributed by atoms with van der Waals surface area (Å²) < 4.78 is 9.85. The van der Waals surface area contributed by atoms with Crippen LogP contribution in [0.4, 0.5) is 0 Å². The zero-order chi connectivity index (χ0) is 12.6. The van der Waals surface area contributed by atoms with E-state index in [9.17, 15) is 9.46 Å². The van der Waals surface area contributed by atoms with Crippen molar-refractivity contribution in [3.8, 4) is 0 Å². The van der Waals surface area contributed by atoms with E-state index in [2.05, 4.69) is 20.8 Å². The summed E-state index contributed by atoms with van der Waals surface area (Å²) in [5.41, 5.74) is 0. The Labute approximate surface area is 127 Å². The molecule has 0 radical (unpaired) electrons. The molecule has 0 rings (SSSR count). The van der Waals surface area contributed by atoms with Crippen LogP contribution in [0.5, 0.6) is 0 Å². The van der Waals surface area contributed by atoms with E-state index < -0.39 is 7.23 Å². The van der Waals surface area contributed by atoms with Gasteiger partial charge in [0.05, 0.1) is 0 Å². The molecule has 0 aliphatic carbocycles. The van der Waals surface area contributed by atoms with E-state index in [1.807, 2.05) is 0 Å². The SMILES string of the molecule is [CH2-]CCCCCCC.[CH2-]CCCS[P+](=O)[O-].[Mo+2]. The van der Waals surface area contributed by atoms with Gasteiger partial charge < -0.3 is 18.7 Å². The number of rotatable bonds is 9. The first-order chi connectivity index (χ1) is 7.68. The van der Waals surface area contributed by atoms with E-state index in [0.29, 0.717) is 5.75 Å². The molecule has 1 unspecified atom stereocenters. The molecule has 0 saturated carbocycles. The molecule has 0 bridgehead atoms. The zero-order valence-electron chi connectivity index (χ0n) is 10.9. The Balaban J connectivity index is -0.000000218. The Bertz CT molecular complexity index is 142. The third kappa shape index (κ3) is 31.6. The minimum Gasteiger partial charge on any atom is -0.585 e. The summed E-state index contributed by atoms with van der Waals surface area (Å²) in [4.78, 5) is 9.85. The van der Waals surface area contributed by atoms with Crippen molar-refractivity contribution in [3.63, 3.8) is 0 Å². The molecule has 0 N–H and O–H groups in total. The fourth-order valence-corrected chi connectivity index (χ4v) is 2.34. The zero-order valence-corrected chi connectivity index (χ0v) is 14.6. The summed E-state index contributed by atoms with van der Waals surface area (Å²) in [5.74, 6) is 0.683. The molecule has 0 aromatic rings. The predicted octanol–water partition coefficient (Wildman–Crippen LogP) is 4.53. The third-order valence-electron chi connectivity index (χ3n) is 1.94. The van der Waals surface area contributed by atoms with E-state index in [-0.39, 0.29) is 21.1 Å². The predicted molar refractivity (Wildman–Crippen MR) is 73.4 cm³/mol. The molecule has 0 aromatic carbocycles. The molecular weight excluding hydrogens is 335 g/mol. The van der Waals surface area contributed by atoms with Gasteiger partial charge in [0, 0.05) is 5.75 Å². The standard InChI is InChI=1S/C8H17.C4H8O2PS.Mo/c1-3-5-7-8-6-4-2;1-2-3-4-8-7(5)6;/h1,3-8H2,2H3;1-4H2;/q2*-1;+2. The van der Waals surface area contributed by atoms with Crippen molar-refractivity contribution in [3.05, 3.63) is 13.8 Å². The quantitative estimate of drug-likeness (QED) is 0.263. The van der Waals surface area contributed by atoms with Crippen LogP contribution in [-0.4, -0.2) is 5.75 Å². The van der Waals surface area contributed by atoms with Crippen LogP contribution in [0.15, 0.2) is 0 Å². The molecule has 0 aromatic heterocycles. The van der Waals surface area contributed by atoms with Gasteiger partial charge in [-0.15, -0.1) is 0 Å². The number of unbranched alkanes of at least 4 members (excludes halogenated alkanes) is 6. The van der Waals surface area contributed by atoms with Crippen molar-refractivity contribution >= 4 is 18.6 Å². The topological polar surface area (TPSA) is 40.1 Å². The first kappa shape index (κ1) is 23.2. The smallest absolute Gasteiger partial charge is 0.585 e. The first-order valence-corrected chi connectivity index (χ1v) is 8.81. The van der Waals surface area contributed by atoms with Crippen molar-refractivity contribution in [1.29, 1.82) is 0 Å². The Morgan fingerprint density at radius 1 is 1.06 bits per heavy atom. The first-order valence-electron chi connectivity index (χ1n) is 6.04. The van der Waals surface area contributed by atoms with Gasteiger partial charge >= 0.3 is 28.3 Å². The second kappa shape index (κ2) is 22.3. The maximum atomic E-state index is 9.85. The summed E-state index contributed by atoms with van der Waals surface area (Å²) >= 11 is 0.970. The maximum Gasteiger partial charge on any atom is 2.00 e. The van der Waals surface area contributed by atoms with Crippen LogP contribution in [0.1, 0.15) is 58.3 Å². The third-order valence-corrected chi connectivity index (χ3v) is 3.81. The number of hydrogen-bond acceptors (Lipinski definition) is 3. The van der Waals surface area contributed by atoms with Gasteiger partial charge in [0.1, 0.15) is 11.4 Å². The minimum absolute atomic E-state index is 0. The van der Waals surface area contributed by atoms with Gasteiger partial charge in [-0.25, -0.2) is 0 Å². The molecule has 0 aliphatic heterocycles. The Morgan fingerprint density at radius 2 is 1.59 bits per heavy atom. The fourth-order valence-electron chi connectivity index (χ4n) is 1.02. The molecule has 102 valence electrons. The summed E-state index contributed by atoms with van der Waals surface area (Å²) in [6.45, 7) is 9.60. The van der Waals surface area contributed by atoms with Gasteiger partial charge in [-0.1, -0.05) is 50.0 Å². The molecule has 2 nitrogen and oxygen atoms in total. The van der Waals surface area contributed by atoms with E-state index in [1.165, 1.54) is 32.1 Å². The molecule has 0 heterocycles. The normalized spacial score (nSPS) is 10.0. The van der Waals surface area contributed by atoms with Crippen LogP contribution >= 0.6 is 18.6 Å².